The van der Waals surface area contributed by atoms with E-state index in [1.54, 1.807) is 19.5 Å². The zero-order valence-corrected chi connectivity index (χ0v) is 16.2. The highest BCUT2D eigenvalue weighted by Crippen LogP contribution is 2.53. The molecule has 0 saturated heterocycles. The van der Waals surface area contributed by atoms with Crippen LogP contribution in [0.5, 0.6) is 5.88 Å². The first-order valence-electron chi connectivity index (χ1n) is 9.42. The molecule has 0 fully saturated rings. The van der Waals surface area contributed by atoms with E-state index in [0.29, 0.717) is 23.8 Å². The summed E-state index contributed by atoms with van der Waals surface area (Å²) in [4.78, 5) is 13.4. The third kappa shape index (κ3) is 2.76. The van der Waals surface area contributed by atoms with Gasteiger partial charge in [0.2, 0.25) is 11.8 Å². The predicted octanol–water partition coefficient (Wildman–Crippen LogP) is 3.82. The maximum absolute atomic E-state index is 10.5. The van der Waals surface area contributed by atoms with Crippen LogP contribution in [0.25, 0.3) is 0 Å². The molecular formula is C21H23N5O2. The number of hydrogen-bond acceptors (Lipinski definition) is 7. The van der Waals surface area contributed by atoms with Crippen molar-refractivity contribution in [2.24, 2.45) is 11.8 Å². The van der Waals surface area contributed by atoms with Crippen molar-refractivity contribution in [1.82, 2.24) is 15.0 Å². The van der Waals surface area contributed by atoms with E-state index >= 15 is 0 Å². The molecule has 0 aromatic carbocycles. The SMILES string of the molecule is COc1nc(Nc2ccncc2)nc2c1CC[C@@H]1[C@@H](C)C(O)=C(C#N)C[C@@]21C. The highest BCUT2D eigenvalue weighted by atomic mass is 16.5. The second-order valence-corrected chi connectivity index (χ2v) is 7.75. The van der Waals surface area contributed by atoms with Crippen LogP contribution in [0.1, 0.15) is 37.9 Å². The summed E-state index contributed by atoms with van der Waals surface area (Å²) in [6.45, 7) is 4.13. The van der Waals surface area contributed by atoms with Crippen LogP contribution in [-0.4, -0.2) is 27.2 Å². The van der Waals surface area contributed by atoms with Crippen LogP contribution in [-0.2, 0) is 11.8 Å². The summed E-state index contributed by atoms with van der Waals surface area (Å²) in [6, 6.07) is 5.88. The van der Waals surface area contributed by atoms with Gasteiger partial charge in [0.25, 0.3) is 0 Å². The van der Waals surface area contributed by atoms with Gasteiger partial charge >= 0.3 is 0 Å². The van der Waals surface area contributed by atoms with Crippen LogP contribution in [0, 0.1) is 23.2 Å². The summed E-state index contributed by atoms with van der Waals surface area (Å²) in [5, 5.41) is 23.2. The molecule has 0 bridgehead atoms. The minimum atomic E-state index is -0.366. The first kappa shape index (κ1) is 18.2. The van der Waals surface area contributed by atoms with Gasteiger partial charge in [0.15, 0.2) is 0 Å². The van der Waals surface area contributed by atoms with E-state index in [4.69, 9.17) is 9.72 Å². The van der Waals surface area contributed by atoms with Gasteiger partial charge in [0.1, 0.15) is 5.76 Å². The standard InChI is InChI=1S/C21H23N5O2/c1-12-16-5-4-15-18(21(16,2)10-13(11-22)17(12)27)25-20(26-19(15)28-3)24-14-6-8-23-9-7-14/h6-9,12,16,27H,4-5,10H2,1-3H3,(H,23,24,25,26)/t12-,16-,21-/m1/s1. The zero-order chi connectivity index (χ0) is 19.9. The molecule has 2 aromatic rings. The Hall–Kier alpha value is -3.14. The molecule has 4 rings (SSSR count). The predicted molar refractivity (Wildman–Crippen MR) is 104 cm³/mol. The quantitative estimate of drug-likeness (QED) is 0.838. The molecule has 144 valence electrons. The molecular weight excluding hydrogens is 354 g/mol. The molecule has 0 spiro atoms. The summed E-state index contributed by atoms with van der Waals surface area (Å²) in [5.74, 6) is 1.36. The van der Waals surface area contributed by atoms with E-state index in [0.717, 1.165) is 29.8 Å². The topological polar surface area (TPSA) is 104 Å². The molecule has 2 aliphatic rings. The molecule has 2 N–H and O–H groups in total. The van der Waals surface area contributed by atoms with Crippen molar-refractivity contribution in [2.45, 2.75) is 38.5 Å². The number of rotatable bonds is 3. The number of fused-ring (bicyclic) bond motifs is 3. The molecule has 0 saturated carbocycles. The zero-order valence-electron chi connectivity index (χ0n) is 16.2. The van der Waals surface area contributed by atoms with Gasteiger partial charge in [-0.3, -0.25) is 4.98 Å². The van der Waals surface area contributed by atoms with Gasteiger partial charge in [-0.2, -0.15) is 10.2 Å². The lowest BCUT2D eigenvalue weighted by Crippen LogP contribution is -2.45. The fourth-order valence-corrected chi connectivity index (χ4v) is 4.78. The molecule has 0 aliphatic heterocycles. The van der Waals surface area contributed by atoms with Crippen LogP contribution in [0.15, 0.2) is 35.9 Å². The van der Waals surface area contributed by atoms with Gasteiger partial charge in [-0.1, -0.05) is 13.8 Å². The number of ether oxygens (including phenoxy) is 1. The molecule has 7 nitrogen and oxygen atoms in total. The van der Waals surface area contributed by atoms with Crippen molar-refractivity contribution in [3.05, 3.63) is 47.1 Å². The molecule has 0 unspecified atom stereocenters. The van der Waals surface area contributed by atoms with Crippen molar-refractivity contribution in [3.63, 3.8) is 0 Å². The van der Waals surface area contributed by atoms with E-state index in [9.17, 15) is 10.4 Å². The van der Waals surface area contributed by atoms with E-state index in [2.05, 4.69) is 28.3 Å². The third-order valence-electron chi connectivity index (χ3n) is 6.19. The summed E-state index contributed by atoms with van der Waals surface area (Å²) in [5.41, 5.74) is 2.81. The number of nitrogens with zero attached hydrogens (tertiary/aromatic N) is 4. The molecule has 3 atom stereocenters. The van der Waals surface area contributed by atoms with Crippen LogP contribution < -0.4 is 10.1 Å². The Balaban J connectivity index is 1.83. The molecule has 2 aromatic heterocycles. The number of aliphatic hydroxyl groups excluding tert-OH is 1. The van der Waals surface area contributed by atoms with Crippen molar-refractivity contribution in [3.8, 4) is 11.9 Å². The Morgan fingerprint density at radius 3 is 2.75 bits per heavy atom. The number of pyridine rings is 1. The summed E-state index contributed by atoms with van der Waals surface area (Å²) < 4.78 is 5.59. The van der Waals surface area contributed by atoms with Crippen LogP contribution >= 0.6 is 0 Å². The maximum Gasteiger partial charge on any atom is 0.230 e. The van der Waals surface area contributed by atoms with Gasteiger partial charge in [-0.05, 0) is 37.3 Å². The van der Waals surface area contributed by atoms with Gasteiger partial charge < -0.3 is 15.2 Å². The van der Waals surface area contributed by atoms with Crippen molar-refractivity contribution >= 4 is 11.6 Å². The molecule has 2 heterocycles. The number of nitrogens with one attached hydrogen (secondary N) is 1. The van der Waals surface area contributed by atoms with E-state index < -0.39 is 0 Å². The normalized spacial score (nSPS) is 26.1. The maximum atomic E-state index is 10.5. The molecule has 7 heteroatoms. The largest absolute Gasteiger partial charge is 0.511 e. The minimum absolute atomic E-state index is 0.0842. The van der Waals surface area contributed by atoms with Crippen LogP contribution in [0.3, 0.4) is 0 Å². The fraction of sp³-hybridized carbons (Fsp3) is 0.429. The Bertz CT molecular complexity index is 982. The average Bonchev–Trinajstić information content (AvgIpc) is 2.71. The molecule has 2 aliphatic carbocycles. The molecule has 0 radical (unpaired) electrons. The second kappa shape index (κ2) is 6.79. The number of aromatic nitrogens is 3. The van der Waals surface area contributed by atoms with E-state index in [-0.39, 0.29) is 23.0 Å². The molecule has 0 amide bonds. The van der Waals surface area contributed by atoms with Crippen LogP contribution in [0.4, 0.5) is 11.6 Å². The lowest BCUT2D eigenvalue weighted by Gasteiger charge is -2.47. The monoisotopic (exact) mass is 377 g/mol. The number of anilines is 2. The lowest BCUT2D eigenvalue weighted by molar-refractivity contribution is 0.134. The van der Waals surface area contributed by atoms with Crippen LogP contribution in [0.2, 0.25) is 0 Å². The van der Waals surface area contributed by atoms with E-state index in [1.807, 2.05) is 19.1 Å². The fourth-order valence-electron chi connectivity index (χ4n) is 4.78. The number of allylic oxidation sites excluding steroid dienone is 2. The Kier molecular flexibility index (Phi) is 4.42. The average molecular weight is 377 g/mol. The number of methoxy groups -OCH3 is 1. The lowest BCUT2D eigenvalue weighted by atomic mass is 9.57. The highest BCUT2D eigenvalue weighted by Gasteiger charge is 2.50. The van der Waals surface area contributed by atoms with E-state index in [1.165, 1.54) is 0 Å². The van der Waals surface area contributed by atoms with Crippen molar-refractivity contribution < 1.29 is 9.84 Å². The van der Waals surface area contributed by atoms with Crippen molar-refractivity contribution in [1.29, 1.82) is 5.26 Å². The number of hydrogen-bond donors (Lipinski definition) is 2. The summed E-state index contributed by atoms with van der Waals surface area (Å²) in [6.07, 6.45) is 5.54. The van der Waals surface area contributed by atoms with Gasteiger partial charge in [0.05, 0.1) is 24.4 Å². The Morgan fingerprint density at radius 2 is 2.07 bits per heavy atom. The second-order valence-electron chi connectivity index (χ2n) is 7.75. The van der Waals surface area contributed by atoms with Crippen molar-refractivity contribution in [2.75, 3.05) is 12.4 Å². The number of nitriles is 1. The third-order valence-corrected chi connectivity index (χ3v) is 6.19. The van der Waals surface area contributed by atoms with Gasteiger partial charge in [-0.25, -0.2) is 4.98 Å². The first-order valence-corrected chi connectivity index (χ1v) is 9.42. The summed E-state index contributed by atoms with van der Waals surface area (Å²) in [7, 11) is 1.61. The molecule has 28 heavy (non-hydrogen) atoms. The first-order chi connectivity index (χ1) is 13.5. The smallest absolute Gasteiger partial charge is 0.230 e. The number of aliphatic hydroxyl groups is 1. The Labute approximate surface area is 164 Å². The minimum Gasteiger partial charge on any atom is -0.511 e. The van der Waals surface area contributed by atoms with Gasteiger partial charge in [0, 0.05) is 35.0 Å². The summed E-state index contributed by atoms with van der Waals surface area (Å²) >= 11 is 0. The van der Waals surface area contributed by atoms with Gasteiger partial charge in [-0.15, -0.1) is 0 Å². The highest BCUT2D eigenvalue weighted by molar-refractivity contribution is 5.55. The Morgan fingerprint density at radius 1 is 1.32 bits per heavy atom.